The summed E-state index contributed by atoms with van der Waals surface area (Å²) in [6, 6.07) is 5.46. The third kappa shape index (κ3) is 8.59. The molecule has 2 rings (SSSR count). The van der Waals surface area contributed by atoms with Gasteiger partial charge in [0.2, 0.25) is 11.8 Å². The van der Waals surface area contributed by atoms with E-state index in [2.05, 4.69) is 26.3 Å². The van der Waals surface area contributed by atoms with Crippen molar-refractivity contribution in [3.05, 3.63) is 18.2 Å². The fourth-order valence-electron chi connectivity index (χ4n) is 2.62. The van der Waals surface area contributed by atoms with Crippen molar-refractivity contribution in [3.8, 4) is 11.5 Å². The van der Waals surface area contributed by atoms with E-state index in [1.54, 1.807) is 0 Å². The van der Waals surface area contributed by atoms with Crippen LogP contribution in [0, 0.1) is 0 Å². The van der Waals surface area contributed by atoms with Crippen molar-refractivity contribution < 1.29 is 19.1 Å². The van der Waals surface area contributed by atoms with Crippen LogP contribution in [0.15, 0.2) is 23.2 Å². The maximum Gasteiger partial charge on any atom is 0.242 e. The number of rotatable bonds is 7. The van der Waals surface area contributed by atoms with Crippen molar-refractivity contribution in [2.24, 2.45) is 4.99 Å². The number of aliphatic imine (C=N–C) groups is 1. The fourth-order valence-corrected chi connectivity index (χ4v) is 2.62. The van der Waals surface area contributed by atoms with Crippen LogP contribution in [0.4, 0.5) is 5.69 Å². The summed E-state index contributed by atoms with van der Waals surface area (Å²) in [4.78, 5) is 28.4. The lowest BCUT2D eigenvalue weighted by atomic mass is 10.1. The minimum Gasteiger partial charge on any atom is -0.490 e. The van der Waals surface area contributed by atoms with E-state index in [1.165, 1.54) is 0 Å². The molecular weight excluding hydrogens is 386 g/mol. The van der Waals surface area contributed by atoms with Crippen LogP contribution >= 0.6 is 0 Å². The average Bonchev–Trinajstić information content (AvgIpc) is 2.92. The quantitative estimate of drug-likeness (QED) is 0.395. The molecule has 1 aromatic rings. The summed E-state index contributed by atoms with van der Waals surface area (Å²) in [6.45, 7) is 9.47. The first-order chi connectivity index (χ1) is 14.3. The molecule has 0 aromatic heterocycles. The number of hydrogen-bond donors (Lipinski definition) is 4. The Morgan fingerprint density at radius 2 is 1.80 bits per heavy atom. The zero-order valence-electron chi connectivity index (χ0n) is 18.3. The number of carbonyl (C=O) groups is 2. The lowest BCUT2D eigenvalue weighted by Crippen LogP contribution is -2.43. The molecule has 0 radical (unpaired) electrons. The largest absolute Gasteiger partial charge is 0.490 e. The number of hydrogen-bond acceptors (Lipinski definition) is 5. The van der Waals surface area contributed by atoms with Gasteiger partial charge in [0.25, 0.3) is 0 Å². The van der Waals surface area contributed by atoms with Crippen molar-refractivity contribution in [1.29, 1.82) is 0 Å². The third-order valence-corrected chi connectivity index (χ3v) is 3.89. The summed E-state index contributed by atoms with van der Waals surface area (Å²) in [5.74, 6) is 1.29. The number of guanidine groups is 1. The number of amides is 2. The van der Waals surface area contributed by atoms with Gasteiger partial charge in [0.15, 0.2) is 17.5 Å². The van der Waals surface area contributed by atoms with Crippen LogP contribution in [0.1, 0.15) is 40.5 Å². The van der Waals surface area contributed by atoms with Crippen LogP contribution < -0.4 is 30.7 Å². The third-order valence-electron chi connectivity index (χ3n) is 3.89. The van der Waals surface area contributed by atoms with Gasteiger partial charge in [-0.2, -0.15) is 0 Å². The van der Waals surface area contributed by atoms with E-state index in [0.717, 1.165) is 12.8 Å². The molecule has 2 amide bonds. The molecule has 1 heterocycles. The molecule has 0 aliphatic carbocycles. The predicted octanol–water partition coefficient (Wildman–Crippen LogP) is 1.65. The number of ether oxygens (including phenoxy) is 2. The highest BCUT2D eigenvalue weighted by atomic mass is 16.5. The van der Waals surface area contributed by atoms with Gasteiger partial charge in [0.05, 0.1) is 19.8 Å². The van der Waals surface area contributed by atoms with Crippen LogP contribution in [0.25, 0.3) is 0 Å². The van der Waals surface area contributed by atoms with Crippen LogP contribution in [0.5, 0.6) is 11.5 Å². The molecule has 0 bridgehead atoms. The molecule has 1 aliphatic rings. The summed E-state index contributed by atoms with van der Waals surface area (Å²) >= 11 is 0. The number of nitrogens with zero attached hydrogens (tertiary/aromatic N) is 1. The smallest absolute Gasteiger partial charge is 0.242 e. The molecule has 1 aromatic carbocycles. The summed E-state index contributed by atoms with van der Waals surface area (Å²) in [5, 5.41) is 11.7. The molecule has 0 saturated carbocycles. The summed E-state index contributed by atoms with van der Waals surface area (Å²) in [5.41, 5.74) is 0.359. The topological polar surface area (TPSA) is 113 Å². The van der Waals surface area contributed by atoms with E-state index in [9.17, 15) is 9.59 Å². The Morgan fingerprint density at radius 1 is 1.07 bits per heavy atom. The highest BCUT2D eigenvalue weighted by Gasteiger charge is 2.15. The molecule has 0 atom stereocenters. The molecule has 30 heavy (non-hydrogen) atoms. The van der Waals surface area contributed by atoms with Gasteiger partial charge < -0.3 is 30.7 Å². The highest BCUT2D eigenvalue weighted by molar-refractivity contribution is 5.97. The Kier molecular flexibility index (Phi) is 8.76. The SMILES string of the molecule is CCCNC(=O)CNC(=NCC(=O)NC(C)(C)C)Nc1ccc2c(c1)OCCCO2. The van der Waals surface area contributed by atoms with E-state index in [0.29, 0.717) is 42.9 Å². The van der Waals surface area contributed by atoms with Crippen molar-refractivity contribution >= 4 is 23.5 Å². The molecule has 4 N–H and O–H groups in total. The van der Waals surface area contributed by atoms with Gasteiger partial charge in [-0.25, -0.2) is 4.99 Å². The van der Waals surface area contributed by atoms with Gasteiger partial charge in [-0.15, -0.1) is 0 Å². The minimum absolute atomic E-state index is 0.0390. The van der Waals surface area contributed by atoms with Crippen LogP contribution in [0.2, 0.25) is 0 Å². The van der Waals surface area contributed by atoms with Crippen LogP contribution in [-0.4, -0.2) is 56.2 Å². The van der Waals surface area contributed by atoms with Crippen molar-refractivity contribution in [2.45, 2.75) is 46.1 Å². The molecule has 166 valence electrons. The van der Waals surface area contributed by atoms with Crippen molar-refractivity contribution in [2.75, 3.05) is 38.2 Å². The van der Waals surface area contributed by atoms with E-state index in [4.69, 9.17) is 9.47 Å². The van der Waals surface area contributed by atoms with E-state index in [-0.39, 0.29) is 30.4 Å². The Morgan fingerprint density at radius 3 is 2.50 bits per heavy atom. The highest BCUT2D eigenvalue weighted by Crippen LogP contribution is 2.32. The van der Waals surface area contributed by atoms with Crippen LogP contribution in [0.3, 0.4) is 0 Å². The molecule has 9 heteroatoms. The molecule has 0 spiro atoms. The second kappa shape index (κ2) is 11.3. The lowest BCUT2D eigenvalue weighted by molar-refractivity contribution is -0.121. The first kappa shape index (κ1) is 23.3. The van der Waals surface area contributed by atoms with Crippen molar-refractivity contribution in [1.82, 2.24) is 16.0 Å². The van der Waals surface area contributed by atoms with Gasteiger partial charge in [-0.05, 0) is 39.3 Å². The molecule has 0 unspecified atom stereocenters. The first-order valence-corrected chi connectivity index (χ1v) is 10.3. The maximum atomic E-state index is 12.1. The number of carbonyl (C=O) groups excluding carboxylic acids is 2. The summed E-state index contributed by atoms with van der Waals surface area (Å²) < 4.78 is 11.4. The lowest BCUT2D eigenvalue weighted by Gasteiger charge is -2.20. The Labute approximate surface area is 178 Å². The van der Waals surface area contributed by atoms with E-state index < -0.39 is 0 Å². The predicted molar refractivity (Wildman–Crippen MR) is 117 cm³/mol. The van der Waals surface area contributed by atoms with Crippen molar-refractivity contribution in [3.63, 3.8) is 0 Å². The average molecular weight is 420 g/mol. The number of fused-ring (bicyclic) bond motifs is 1. The normalized spacial score (nSPS) is 13.8. The standard InChI is InChI=1S/C21H33N5O4/c1-5-9-22-18(27)13-23-20(24-14-19(28)26-21(2,3)4)25-15-7-8-16-17(12-15)30-11-6-10-29-16/h7-8,12H,5-6,9-11,13-14H2,1-4H3,(H,22,27)(H,26,28)(H2,23,24,25). The zero-order chi connectivity index (χ0) is 22.0. The zero-order valence-corrected chi connectivity index (χ0v) is 18.3. The number of nitrogens with one attached hydrogen (secondary N) is 4. The minimum atomic E-state index is -0.345. The Hall–Kier alpha value is -2.97. The number of anilines is 1. The van der Waals surface area contributed by atoms with Gasteiger partial charge in [0, 0.05) is 30.3 Å². The molecule has 0 saturated heterocycles. The monoisotopic (exact) mass is 419 g/mol. The molecule has 9 nitrogen and oxygen atoms in total. The van der Waals surface area contributed by atoms with Crippen LogP contribution in [-0.2, 0) is 9.59 Å². The van der Waals surface area contributed by atoms with Gasteiger partial charge in [-0.3, -0.25) is 9.59 Å². The Balaban J connectivity index is 2.08. The molecule has 1 aliphatic heterocycles. The van der Waals surface area contributed by atoms with E-state index in [1.807, 2.05) is 45.9 Å². The molecule has 0 fully saturated rings. The first-order valence-electron chi connectivity index (χ1n) is 10.3. The second-order valence-corrected chi connectivity index (χ2v) is 8.00. The van der Waals surface area contributed by atoms with Gasteiger partial charge in [0.1, 0.15) is 6.54 Å². The summed E-state index contributed by atoms with van der Waals surface area (Å²) in [6.07, 6.45) is 1.68. The Bertz CT molecular complexity index is 758. The maximum absolute atomic E-state index is 12.1. The van der Waals surface area contributed by atoms with E-state index >= 15 is 0 Å². The number of benzene rings is 1. The fraction of sp³-hybridized carbons (Fsp3) is 0.571. The molecular formula is C21H33N5O4. The summed E-state index contributed by atoms with van der Waals surface area (Å²) in [7, 11) is 0. The van der Waals surface area contributed by atoms with Gasteiger partial charge in [-0.1, -0.05) is 6.92 Å². The second-order valence-electron chi connectivity index (χ2n) is 8.00. The van der Waals surface area contributed by atoms with Gasteiger partial charge >= 0.3 is 0 Å².